The Kier molecular flexibility index (Phi) is 3.91. The van der Waals surface area contributed by atoms with Gasteiger partial charge >= 0.3 is 0 Å². The molecule has 0 radical (unpaired) electrons. The molecule has 1 saturated heterocycles. The number of aromatic nitrogens is 1. The molecule has 0 amide bonds. The lowest BCUT2D eigenvalue weighted by molar-refractivity contribution is 0.555. The average molecular weight is 322 g/mol. The molecule has 1 aromatic carbocycles. The van der Waals surface area contributed by atoms with E-state index in [0.717, 1.165) is 5.56 Å². The van der Waals surface area contributed by atoms with Gasteiger partial charge in [-0.1, -0.05) is 18.3 Å². The predicted molar refractivity (Wildman–Crippen MR) is 85.6 cm³/mol. The molecule has 1 fully saturated rings. The number of hydrogen-bond donors (Lipinski definition) is 0. The summed E-state index contributed by atoms with van der Waals surface area (Å²) < 4.78 is 28.1. The van der Waals surface area contributed by atoms with E-state index >= 15 is 0 Å². The van der Waals surface area contributed by atoms with E-state index in [4.69, 9.17) is 12.2 Å². The SMILES string of the molecule is Cc1ccnc(N2C(=S)CSC2c2c(F)cccc2F)c1. The van der Waals surface area contributed by atoms with Crippen molar-refractivity contribution in [2.45, 2.75) is 12.3 Å². The fraction of sp³-hybridized carbons (Fsp3) is 0.200. The fourth-order valence-electron chi connectivity index (χ4n) is 2.28. The first kappa shape index (κ1) is 14.4. The lowest BCUT2D eigenvalue weighted by Gasteiger charge is -2.25. The zero-order chi connectivity index (χ0) is 15.0. The van der Waals surface area contributed by atoms with Gasteiger partial charge in [-0.25, -0.2) is 13.8 Å². The van der Waals surface area contributed by atoms with Gasteiger partial charge in [0.05, 0.1) is 10.6 Å². The second-order valence-corrected chi connectivity index (χ2v) is 6.29. The number of rotatable bonds is 2. The molecule has 0 bridgehead atoms. The maximum Gasteiger partial charge on any atom is 0.134 e. The molecule has 2 aromatic rings. The van der Waals surface area contributed by atoms with E-state index in [1.165, 1.54) is 30.0 Å². The molecule has 2 nitrogen and oxygen atoms in total. The van der Waals surface area contributed by atoms with Crippen LogP contribution in [-0.4, -0.2) is 15.7 Å². The van der Waals surface area contributed by atoms with Crippen LogP contribution in [0.15, 0.2) is 36.5 Å². The van der Waals surface area contributed by atoms with Gasteiger partial charge in [0.2, 0.25) is 0 Å². The highest BCUT2D eigenvalue weighted by Gasteiger charge is 2.35. The third-order valence-corrected chi connectivity index (χ3v) is 4.99. The number of aryl methyl sites for hydroxylation is 1. The van der Waals surface area contributed by atoms with E-state index in [1.807, 2.05) is 19.1 Å². The second-order valence-electron chi connectivity index (χ2n) is 4.75. The lowest BCUT2D eigenvalue weighted by atomic mass is 10.1. The zero-order valence-corrected chi connectivity index (χ0v) is 12.8. The molecule has 1 unspecified atom stereocenters. The first-order valence-corrected chi connectivity index (χ1v) is 7.84. The molecular formula is C15H12F2N2S2. The van der Waals surface area contributed by atoms with Crippen molar-refractivity contribution in [1.82, 2.24) is 4.98 Å². The number of thioether (sulfide) groups is 1. The Balaban J connectivity index is 2.08. The van der Waals surface area contributed by atoms with Crippen LogP contribution in [0.25, 0.3) is 0 Å². The molecule has 0 saturated carbocycles. The highest BCUT2D eigenvalue weighted by atomic mass is 32.2. The third kappa shape index (κ3) is 2.65. The van der Waals surface area contributed by atoms with Gasteiger partial charge in [0.1, 0.15) is 22.8 Å². The minimum atomic E-state index is -0.560. The predicted octanol–water partition coefficient (Wildman–Crippen LogP) is 4.25. The summed E-state index contributed by atoms with van der Waals surface area (Å²) in [5.74, 6) is 0.0472. The first-order valence-electron chi connectivity index (χ1n) is 6.38. The molecule has 0 N–H and O–H groups in total. The standard InChI is InChI=1S/C15H12F2N2S2/c1-9-5-6-18-12(7-9)19-13(20)8-21-15(19)14-10(16)3-2-4-11(14)17/h2-7,15H,8H2,1H3. The number of thiocarbonyl (C=S) groups is 1. The van der Waals surface area contributed by atoms with Crippen LogP contribution in [0.5, 0.6) is 0 Å². The van der Waals surface area contributed by atoms with Crippen LogP contribution < -0.4 is 4.90 Å². The van der Waals surface area contributed by atoms with Crippen LogP contribution in [0.1, 0.15) is 16.5 Å². The van der Waals surface area contributed by atoms with Gasteiger partial charge in [-0.3, -0.25) is 0 Å². The summed E-state index contributed by atoms with van der Waals surface area (Å²) in [6, 6.07) is 7.63. The third-order valence-electron chi connectivity index (χ3n) is 3.26. The van der Waals surface area contributed by atoms with E-state index in [9.17, 15) is 8.78 Å². The van der Waals surface area contributed by atoms with E-state index in [2.05, 4.69) is 4.98 Å². The molecule has 3 rings (SSSR count). The molecule has 21 heavy (non-hydrogen) atoms. The number of nitrogens with zero attached hydrogens (tertiary/aromatic N) is 2. The number of pyridine rings is 1. The van der Waals surface area contributed by atoms with Crippen LogP contribution >= 0.6 is 24.0 Å². The molecule has 0 aliphatic carbocycles. The van der Waals surface area contributed by atoms with Crippen LogP contribution in [0.3, 0.4) is 0 Å². The molecule has 2 heterocycles. The monoisotopic (exact) mass is 322 g/mol. The largest absolute Gasteiger partial charge is 0.303 e. The van der Waals surface area contributed by atoms with Crippen LogP contribution in [0.2, 0.25) is 0 Å². The maximum atomic E-state index is 14.1. The van der Waals surface area contributed by atoms with Crippen molar-refractivity contribution in [2.75, 3.05) is 10.7 Å². The van der Waals surface area contributed by atoms with Crippen molar-refractivity contribution in [2.24, 2.45) is 0 Å². The Morgan fingerprint density at radius 1 is 1.29 bits per heavy atom. The fourth-order valence-corrected chi connectivity index (χ4v) is 3.97. The maximum absolute atomic E-state index is 14.1. The van der Waals surface area contributed by atoms with Crippen molar-refractivity contribution in [3.8, 4) is 0 Å². The lowest BCUT2D eigenvalue weighted by Crippen LogP contribution is -2.28. The Hall–Kier alpha value is -1.53. The van der Waals surface area contributed by atoms with Gasteiger partial charge in [0, 0.05) is 11.9 Å². The van der Waals surface area contributed by atoms with Crippen LogP contribution in [0, 0.1) is 18.6 Å². The molecule has 1 atom stereocenters. The molecule has 6 heteroatoms. The van der Waals surface area contributed by atoms with E-state index in [0.29, 0.717) is 16.6 Å². The summed E-state index contributed by atoms with van der Waals surface area (Å²) in [7, 11) is 0. The zero-order valence-electron chi connectivity index (χ0n) is 11.2. The van der Waals surface area contributed by atoms with Gasteiger partial charge in [-0.15, -0.1) is 11.8 Å². The van der Waals surface area contributed by atoms with Crippen LogP contribution in [-0.2, 0) is 0 Å². The smallest absolute Gasteiger partial charge is 0.134 e. The summed E-state index contributed by atoms with van der Waals surface area (Å²) >= 11 is 6.75. The first-order chi connectivity index (χ1) is 10.1. The van der Waals surface area contributed by atoms with Crippen molar-refractivity contribution >= 4 is 34.8 Å². The van der Waals surface area contributed by atoms with Crippen molar-refractivity contribution < 1.29 is 8.78 Å². The van der Waals surface area contributed by atoms with Gasteiger partial charge in [-0.2, -0.15) is 0 Å². The summed E-state index contributed by atoms with van der Waals surface area (Å²) in [5.41, 5.74) is 1.05. The number of anilines is 1. The van der Waals surface area contributed by atoms with E-state index in [-0.39, 0.29) is 5.56 Å². The minimum Gasteiger partial charge on any atom is -0.303 e. The van der Waals surface area contributed by atoms with Crippen molar-refractivity contribution in [1.29, 1.82) is 0 Å². The summed E-state index contributed by atoms with van der Waals surface area (Å²) in [6.07, 6.45) is 1.67. The Morgan fingerprint density at radius 3 is 2.67 bits per heavy atom. The number of halogens is 2. The van der Waals surface area contributed by atoms with Gasteiger partial charge < -0.3 is 4.90 Å². The highest BCUT2D eigenvalue weighted by molar-refractivity contribution is 8.02. The normalized spacial score (nSPS) is 18.3. The average Bonchev–Trinajstić information content (AvgIpc) is 2.80. The van der Waals surface area contributed by atoms with Crippen molar-refractivity contribution in [3.05, 3.63) is 59.3 Å². The molecular weight excluding hydrogens is 310 g/mol. The number of hydrogen-bond acceptors (Lipinski definition) is 3. The van der Waals surface area contributed by atoms with E-state index < -0.39 is 17.0 Å². The topological polar surface area (TPSA) is 16.1 Å². The molecule has 108 valence electrons. The van der Waals surface area contributed by atoms with Crippen LogP contribution in [0.4, 0.5) is 14.6 Å². The van der Waals surface area contributed by atoms with Gasteiger partial charge in [0.15, 0.2) is 0 Å². The summed E-state index contributed by atoms with van der Waals surface area (Å²) in [4.78, 5) is 6.65. The quantitative estimate of drug-likeness (QED) is 0.768. The van der Waals surface area contributed by atoms with Crippen molar-refractivity contribution in [3.63, 3.8) is 0 Å². The van der Waals surface area contributed by atoms with Gasteiger partial charge in [0.25, 0.3) is 0 Å². The Bertz CT molecular complexity index is 686. The molecule has 1 aliphatic heterocycles. The summed E-state index contributed by atoms with van der Waals surface area (Å²) in [5, 5.41) is -0.520. The summed E-state index contributed by atoms with van der Waals surface area (Å²) in [6.45, 7) is 1.94. The number of benzene rings is 1. The minimum absolute atomic E-state index is 0.0330. The molecule has 1 aliphatic rings. The van der Waals surface area contributed by atoms with Gasteiger partial charge in [-0.05, 0) is 36.8 Å². The Labute approximate surface area is 131 Å². The Morgan fingerprint density at radius 2 is 2.00 bits per heavy atom. The molecule has 0 spiro atoms. The van der Waals surface area contributed by atoms with E-state index in [1.54, 1.807) is 11.1 Å². The highest BCUT2D eigenvalue weighted by Crippen LogP contribution is 2.43. The molecule has 1 aromatic heterocycles. The second kappa shape index (κ2) is 5.69.